The molecule has 0 aromatic heterocycles. The van der Waals surface area contributed by atoms with E-state index in [2.05, 4.69) is 13.5 Å². The number of hydrogen-bond acceptors (Lipinski definition) is 5. The number of phosphoric acid groups is 1. The van der Waals surface area contributed by atoms with Crippen LogP contribution in [0.5, 0.6) is 0 Å². The van der Waals surface area contributed by atoms with E-state index in [0.717, 1.165) is 25.7 Å². The number of nitrogens with zero attached hydrogens (tertiary/aromatic N) is 1. The van der Waals surface area contributed by atoms with Crippen LogP contribution in [0.25, 0.3) is 0 Å². The van der Waals surface area contributed by atoms with Gasteiger partial charge in [0.25, 0.3) is 0 Å². The third-order valence-electron chi connectivity index (χ3n) is 6.54. The largest absolute Gasteiger partial charge is 0.472 e. The second-order valence-corrected chi connectivity index (χ2v) is 13.0. The molecule has 38 heavy (non-hydrogen) atoms. The van der Waals surface area contributed by atoms with Crippen molar-refractivity contribution in [3.63, 3.8) is 0 Å². The summed E-state index contributed by atoms with van der Waals surface area (Å²) in [6.45, 7) is 8.32. The molecule has 0 rings (SSSR count). The molecule has 228 valence electrons. The van der Waals surface area contributed by atoms with Crippen molar-refractivity contribution in [3.8, 4) is 0 Å². The lowest BCUT2D eigenvalue weighted by atomic mass is 10.0. The smallest absolute Gasteiger partial charge is 0.379 e. The van der Waals surface area contributed by atoms with Crippen LogP contribution in [0.2, 0.25) is 0 Å². The van der Waals surface area contributed by atoms with E-state index in [0.29, 0.717) is 30.8 Å². The van der Waals surface area contributed by atoms with Gasteiger partial charge in [-0.05, 0) is 25.7 Å². The topological polar surface area (TPSA) is 74.2 Å². The minimum atomic E-state index is -4.12. The number of rotatable bonds is 30. The fourth-order valence-corrected chi connectivity index (χ4v) is 4.78. The summed E-state index contributed by atoms with van der Waals surface area (Å²) < 4.78 is 34.9. The van der Waals surface area contributed by atoms with E-state index in [1.165, 1.54) is 83.5 Å². The molecule has 0 heterocycles. The number of allylic oxidation sites excluding steroid dienone is 1. The predicted molar refractivity (Wildman–Crippen MR) is 160 cm³/mol. The molecule has 0 spiro atoms. The zero-order valence-corrected chi connectivity index (χ0v) is 26.4. The Morgan fingerprint density at radius 3 is 1.79 bits per heavy atom. The van der Waals surface area contributed by atoms with Crippen LogP contribution in [0, 0.1) is 0 Å². The fourth-order valence-electron chi connectivity index (χ4n) is 4.04. The maximum absolute atomic E-state index is 12.2. The number of quaternary nitrogens is 1. The highest BCUT2D eigenvalue weighted by molar-refractivity contribution is 7.47. The molecule has 1 N–H and O–H groups in total. The van der Waals surface area contributed by atoms with E-state index in [4.69, 9.17) is 18.5 Å². The van der Waals surface area contributed by atoms with E-state index in [9.17, 15) is 9.46 Å². The Hall–Kier alpha value is -0.270. The second-order valence-electron chi connectivity index (χ2n) is 11.6. The van der Waals surface area contributed by atoms with E-state index in [-0.39, 0.29) is 13.2 Å². The standard InChI is InChI=1S/C30H62NO6P/c1-6-8-10-12-13-14-15-16-17-18-19-20-21-22-25-34-28-30(35-26-23-11-9-7-2)29-37-38(32,33)36-27-24-31(3,4)5/h7,30H,2,6,8-29H2,1,3-5H3/p+1/t30-/m0/s1. The number of hydrogen-bond donors (Lipinski definition) is 1. The molecular formula is C30H63NO6P+. The van der Waals surface area contributed by atoms with Crippen LogP contribution in [0.15, 0.2) is 12.7 Å². The number of unbranched alkanes of at least 4 members (excludes halogenated alkanes) is 15. The Balaban J connectivity index is 3.96. The molecule has 0 bridgehead atoms. The SMILES string of the molecule is C=CCCCCO[C@@H](COCCCCCCCCCCCCCCCC)COP(=O)(O)OCC[N+](C)(C)C. The molecule has 0 aliphatic carbocycles. The molecule has 8 heteroatoms. The Labute approximate surface area is 235 Å². The highest BCUT2D eigenvalue weighted by atomic mass is 31.2. The zero-order chi connectivity index (χ0) is 28.4. The van der Waals surface area contributed by atoms with Gasteiger partial charge in [-0.25, -0.2) is 4.57 Å². The fraction of sp³-hybridized carbons (Fsp3) is 0.933. The molecule has 0 aromatic carbocycles. The van der Waals surface area contributed by atoms with E-state index in [1.54, 1.807) is 0 Å². The van der Waals surface area contributed by atoms with Gasteiger partial charge in [-0.3, -0.25) is 9.05 Å². The Kier molecular flexibility index (Phi) is 25.5. The van der Waals surface area contributed by atoms with Gasteiger partial charge in [-0.15, -0.1) is 6.58 Å². The van der Waals surface area contributed by atoms with E-state index < -0.39 is 13.9 Å². The third kappa shape index (κ3) is 28.7. The number of likely N-dealkylation sites (N-methyl/N-ethyl adjacent to an activating group) is 1. The number of ether oxygens (including phenoxy) is 2. The molecule has 2 atom stereocenters. The summed E-state index contributed by atoms with van der Waals surface area (Å²) in [5, 5.41) is 0. The molecule has 0 amide bonds. The Bertz CT molecular complexity index is 569. The van der Waals surface area contributed by atoms with Crippen molar-refractivity contribution in [1.82, 2.24) is 0 Å². The van der Waals surface area contributed by atoms with Crippen molar-refractivity contribution in [3.05, 3.63) is 12.7 Å². The monoisotopic (exact) mass is 564 g/mol. The molecular weight excluding hydrogens is 501 g/mol. The Morgan fingerprint density at radius 1 is 0.737 bits per heavy atom. The molecule has 7 nitrogen and oxygen atoms in total. The van der Waals surface area contributed by atoms with Crippen LogP contribution in [-0.2, 0) is 23.1 Å². The van der Waals surface area contributed by atoms with Crippen molar-refractivity contribution in [1.29, 1.82) is 0 Å². The lowest BCUT2D eigenvalue weighted by molar-refractivity contribution is -0.870. The predicted octanol–water partition coefficient (Wildman–Crippen LogP) is 8.07. The van der Waals surface area contributed by atoms with Gasteiger partial charge < -0.3 is 18.9 Å². The average molecular weight is 565 g/mol. The summed E-state index contributed by atoms with van der Waals surface area (Å²) in [6.07, 6.45) is 23.0. The first-order valence-corrected chi connectivity index (χ1v) is 16.9. The van der Waals surface area contributed by atoms with Crippen LogP contribution in [0.3, 0.4) is 0 Å². The highest BCUT2D eigenvalue weighted by Gasteiger charge is 2.25. The van der Waals surface area contributed by atoms with E-state index >= 15 is 0 Å². The lowest BCUT2D eigenvalue weighted by Gasteiger charge is -2.24. The van der Waals surface area contributed by atoms with Crippen LogP contribution in [0.1, 0.15) is 116 Å². The van der Waals surface area contributed by atoms with Gasteiger partial charge in [0.1, 0.15) is 19.3 Å². The zero-order valence-electron chi connectivity index (χ0n) is 25.5. The maximum atomic E-state index is 12.2. The van der Waals surface area contributed by atoms with Crippen molar-refractivity contribution < 1.29 is 32.5 Å². The normalized spacial score (nSPS) is 14.4. The minimum Gasteiger partial charge on any atom is -0.379 e. The summed E-state index contributed by atoms with van der Waals surface area (Å²) in [7, 11) is 1.88. The molecule has 0 fully saturated rings. The van der Waals surface area contributed by atoms with Crippen molar-refractivity contribution in [2.45, 2.75) is 122 Å². The van der Waals surface area contributed by atoms with Crippen LogP contribution < -0.4 is 0 Å². The summed E-state index contributed by atoms with van der Waals surface area (Å²) in [5.74, 6) is 0. The molecule has 0 saturated carbocycles. The van der Waals surface area contributed by atoms with Gasteiger partial charge in [0.2, 0.25) is 0 Å². The summed E-state index contributed by atoms with van der Waals surface area (Å²) >= 11 is 0. The summed E-state index contributed by atoms with van der Waals surface area (Å²) in [5.41, 5.74) is 0. The second kappa shape index (κ2) is 25.7. The minimum absolute atomic E-state index is 0.0294. The summed E-state index contributed by atoms with van der Waals surface area (Å²) in [4.78, 5) is 10.0. The maximum Gasteiger partial charge on any atom is 0.472 e. The van der Waals surface area contributed by atoms with Gasteiger partial charge in [-0.1, -0.05) is 96.5 Å². The van der Waals surface area contributed by atoms with Crippen molar-refractivity contribution in [2.24, 2.45) is 0 Å². The first kappa shape index (κ1) is 37.7. The van der Waals surface area contributed by atoms with Gasteiger partial charge >= 0.3 is 7.82 Å². The summed E-state index contributed by atoms with van der Waals surface area (Å²) in [6, 6.07) is 0. The molecule has 0 saturated heterocycles. The van der Waals surface area contributed by atoms with Gasteiger partial charge in [0, 0.05) is 13.2 Å². The highest BCUT2D eigenvalue weighted by Crippen LogP contribution is 2.43. The first-order chi connectivity index (χ1) is 18.2. The Morgan fingerprint density at radius 2 is 1.26 bits per heavy atom. The van der Waals surface area contributed by atoms with Crippen LogP contribution in [-0.4, -0.2) is 76.2 Å². The van der Waals surface area contributed by atoms with Gasteiger partial charge in [0.05, 0.1) is 34.4 Å². The molecule has 1 unspecified atom stereocenters. The molecule has 0 aromatic rings. The van der Waals surface area contributed by atoms with Gasteiger partial charge in [0.15, 0.2) is 0 Å². The van der Waals surface area contributed by atoms with Gasteiger partial charge in [-0.2, -0.15) is 0 Å². The van der Waals surface area contributed by atoms with Crippen LogP contribution >= 0.6 is 7.82 Å². The number of phosphoric ester groups is 1. The third-order valence-corrected chi connectivity index (χ3v) is 7.53. The van der Waals surface area contributed by atoms with Crippen molar-refractivity contribution >= 4 is 7.82 Å². The van der Waals surface area contributed by atoms with Crippen LogP contribution in [0.4, 0.5) is 0 Å². The quantitative estimate of drug-likeness (QED) is 0.0412. The van der Waals surface area contributed by atoms with Crippen molar-refractivity contribution in [2.75, 3.05) is 60.7 Å². The average Bonchev–Trinajstić information content (AvgIpc) is 2.85. The molecule has 0 aliphatic rings. The molecule has 0 aliphatic heterocycles. The first-order valence-electron chi connectivity index (χ1n) is 15.4. The molecule has 0 radical (unpaired) electrons. The van der Waals surface area contributed by atoms with E-state index in [1.807, 2.05) is 27.2 Å². The lowest BCUT2D eigenvalue weighted by Crippen LogP contribution is -2.37.